The van der Waals surface area contributed by atoms with Crippen LogP contribution in [0.5, 0.6) is 0 Å². The number of nitrogens with zero attached hydrogens (tertiary/aromatic N) is 4. The van der Waals surface area contributed by atoms with Gasteiger partial charge in [-0.2, -0.15) is 5.10 Å². The molecule has 32 heavy (non-hydrogen) atoms. The van der Waals surface area contributed by atoms with Gasteiger partial charge in [0.1, 0.15) is 5.82 Å². The van der Waals surface area contributed by atoms with Gasteiger partial charge in [0.05, 0.1) is 28.8 Å². The fourth-order valence-electron chi connectivity index (χ4n) is 3.04. The number of carbonyl (C=O) groups excluding carboxylic acids is 1. The third kappa shape index (κ3) is 6.19. The Labute approximate surface area is 192 Å². The molecular formula is C21H28N6O3S2. The minimum Gasteiger partial charge on any atom is -0.367 e. The molecule has 0 aliphatic heterocycles. The SMILES string of the molecule is CCSc1nc(NC(C)C)c2cnn(CCNC(=O)CCS(=O)(=O)c3ccccc3)c2n1. The summed E-state index contributed by atoms with van der Waals surface area (Å²) in [6.45, 7) is 6.85. The van der Waals surface area contributed by atoms with Gasteiger partial charge in [-0.05, 0) is 31.7 Å². The number of anilines is 1. The maximum atomic E-state index is 12.3. The molecule has 0 fully saturated rings. The molecule has 0 saturated heterocycles. The molecule has 9 nitrogen and oxygen atoms in total. The van der Waals surface area contributed by atoms with Gasteiger partial charge >= 0.3 is 0 Å². The van der Waals surface area contributed by atoms with Gasteiger partial charge in [-0.3, -0.25) is 4.79 Å². The molecule has 172 valence electrons. The van der Waals surface area contributed by atoms with Crippen molar-refractivity contribution in [3.05, 3.63) is 36.5 Å². The van der Waals surface area contributed by atoms with Crippen molar-refractivity contribution >= 4 is 44.4 Å². The van der Waals surface area contributed by atoms with E-state index in [-0.39, 0.29) is 29.0 Å². The van der Waals surface area contributed by atoms with Gasteiger partial charge in [-0.15, -0.1) is 0 Å². The Hall–Kier alpha value is -2.66. The molecule has 11 heteroatoms. The summed E-state index contributed by atoms with van der Waals surface area (Å²) in [5.74, 6) is 1.04. The number of thioether (sulfide) groups is 1. The molecule has 1 amide bonds. The minimum absolute atomic E-state index is 0.0982. The number of amides is 1. The highest BCUT2D eigenvalue weighted by atomic mass is 32.2. The van der Waals surface area contributed by atoms with Crippen LogP contribution in [0.1, 0.15) is 27.2 Å². The van der Waals surface area contributed by atoms with Gasteiger partial charge in [0.2, 0.25) is 5.91 Å². The van der Waals surface area contributed by atoms with Crippen LogP contribution < -0.4 is 10.6 Å². The molecule has 0 radical (unpaired) electrons. The number of aromatic nitrogens is 4. The van der Waals surface area contributed by atoms with Crippen molar-refractivity contribution in [2.45, 2.75) is 49.8 Å². The molecule has 0 bridgehead atoms. The number of benzene rings is 1. The predicted octanol–water partition coefficient (Wildman–Crippen LogP) is 2.74. The van der Waals surface area contributed by atoms with Crippen LogP contribution in [0.15, 0.2) is 46.6 Å². The lowest BCUT2D eigenvalue weighted by Crippen LogP contribution is -2.29. The normalized spacial score (nSPS) is 11.8. The fourth-order valence-corrected chi connectivity index (χ4v) is 4.87. The third-order valence-corrected chi connectivity index (χ3v) is 6.98. The number of fused-ring (bicyclic) bond motifs is 1. The molecule has 3 rings (SSSR count). The summed E-state index contributed by atoms with van der Waals surface area (Å²) >= 11 is 1.55. The molecule has 0 aliphatic rings. The number of sulfone groups is 1. The summed E-state index contributed by atoms with van der Waals surface area (Å²) in [6.07, 6.45) is 1.62. The zero-order chi connectivity index (χ0) is 23.1. The van der Waals surface area contributed by atoms with Crippen molar-refractivity contribution < 1.29 is 13.2 Å². The molecule has 0 aliphatic carbocycles. The van der Waals surface area contributed by atoms with Crippen LogP contribution in [0.25, 0.3) is 11.0 Å². The van der Waals surface area contributed by atoms with E-state index in [9.17, 15) is 13.2 Å². The average molecular weight is 477 g/mol. The molecule has 2 N–H and O–H groups in total. The van der Waals surface area contributed by atoms with Crippen molar-refractivity contribution in [3.63, 3.8) is 0 Å². The Bertz CT molecular complexity index is 1160. The molecule has 1 aromatic carbocycles. The van der Waals surface area contributed by atoms with E-state index in [1.54, 1.807) is 40.8 Å². The molecule has 0 saturated carbocycles. The Morgan fingerprint density at radius 2 is 1.94 bits per heavy atom. The summed E-state index contributed by atoms with van der Waals surface area (Å²) < 4.78 is 26.4. The first-order chi connectivity index (χ1) is 15.3. The van der Waals surface area contributed by atoms with Crippen LogP contribution in [0.3, 0.4) is 0 Å². The smallest absolute Gasteiger partial charge is 0.221 e. The maximum absolute atomic E-state index is 12.3. The Morgan fingerprint density at radius 1 is 1.19 bits per heavy atom. The number of hydrogen-bond acceptors (Lipinski definition) is 8. The topological polar surface area (TPSA) is 119 Å². The van der Waals surface area contributed by atoms with Crippen LogP contribution in [0, 0.1) is 0 Å². The second-order valence-electron chi connectivity index (χ2n) is 7.42. The second kappa shape index (κ2) is 10.8. The summed E-state index contributed by atoms with van der Waals surface area (Å²) in [5.41, 5.74) is 0.694. The Balaban J connectivity index is 1.61. The van der Waals surface area contributed by atoms with E-state index in [0.717, 1.165) is 17.0 Å². The van der Waals surface area contributed by atoms with Gasteiger partial charge in [-0.25, -0.2) is 23.1 Å². The summed E-state index contributed by atoms with van der Waals surface area (Å²) in [7, 11) is -3.48. The van der Waals surface area contributed by atoms with Gasteiger partial charge in [0.25, 0.3) is 0 Å². The van der Waals surface area contributed by atoms with Gasteiger partial charge in [0, 0.05) is 19.0 Å². The first-order valence-corrected chi connectivity index (χ1v) is 13.1. The van der Waals surface area contributed by atoms with E-state index in [1.807, 2.05) is 20.8 Å². The summed E-state index contributed by atoms with van der Waals surface area (Å²) in [5, 5.41) is 12.0. The monoisotopic (exact) mass is 476 g/mol. The first-order valence-electron chi connectivity index (χ1n) is 10.5. The number of hydrogen-bond donors (Lipinski definition) is 2. The number of carbonyl (C=O) groups is 1. The lowest BCUT2D eigenvalue weighted by atomic mass is 10.3. The van der Waals surface area contributed by atoms with E-state index in [4.69, 9.17) is 0 Å². The fraction of sp³-hybridized carbons (Fsp3) is 0.429. The van der Waals surface area contributed by atoms with Crippen molar-refractivity contribution in [3.8, 4) is 0 Å². The van der Waals surface area contributed by atoms with Gasteiger partial charge in [0.15, 0.2) is 20.6 Å². The van der Waals surface area contributed by atoms with Gasteiger partial charge < -0.3 is 10.6 Å². The quantitative estimate of drug-likeness (QED) is 0.320. The number of nitrogens with one attached hydrogen (secondary N) is 2. The van der Waals surface area contributed by atoms with Crippen LogP contribution in [-0.4, -0.2) is 58.2 Å². The van der Waals surface area contributed by atoms with Crippen LogP contribution in [0.2, 0.25) is 0 Å². The zero-order valence-corrected chi connectivity index (χ0v) is 20.0. The van der Waals surface area contributed by atoms with Gasteiger partial charge in [-0.1, -0.05) is 36.9 Å². The molecule has 2 heterocycles. The molecule has 0 unspecified atom stereocenters. The first kappa shape index (κ1) is 24.0. The van der Waals surface area contributed by atoms with Crippen molar-refractivity contribution in [1.29, 1.82) is 0 Å². The van der Waals surface area contributed by atoms with E-state index < -0.39 is 9.84 Å². The molecule has 0 spiro atoms. The maximum Gasteiger partial charge on any atom is 0.221 e. The molecule has 0 atom stereocenters. The number of rotatable bonds is 11. The highest BCUT2D eigenvalue weighted by Crippen LogP contribution is 2.24. The Morgan fingerprint density at radius 3 is 2.62 bits per heavy atom. The second-order valence-corrected chi connectivity index (χ2v) is 10.8. The lowest BCUT2D eigenvalue weighted by molar-refractivity contribution is -0.120. The predicted molar refractivity (Wildman–Crippen MR) is 127 cm³/mol. The molecule has 3 aromatic rings. The average Bonchev–Trinajstić information content (AvgIpc) is 3.16. The third-order valence-electron chi connectivity index (χ3n) is 4.52. The standard InChI is InChI=1S/C21H28N6O3S2/c1-4-31-21-25-19(24-15(2)3)17-14-23-27(20(17)26-21)12-11-22-18(28)10-13-32(29,30)16-8-6-5-7-9-16/h5-9,14-15H,4,10-13H2,1-3H3,(H,22,28)(H,24,25,26). The van der Waals surface area contributed by atoms with E-state index >= 15 is 0 Å². The van der Waals surface area contributed by atoms with Crippen molar-refractivity contribution in [2.24, 2.45) is 0 Å². The summed E-state index contributed by atoms with van der Waals surface area (Å²) in [4.78, 5) is 21.6. The zero-order valence-electron chi connectivity index (χ0n) is 18.4. The minimum atomic E-state index is -3.48. The largest absolute Gasteiger partial charge is 0.367 e. The highest BCUT2D eigenvalue weighted by molar-refractivity contribution is 7.99. The van der Waals surface area contributed by atoms with E-state index in [0.29, 0.717) is 23.9 Å². The van der Waals surface area contributed by atoms with Crippen LogP contribution in [0.4, 0.5) is 5.82 Å². The highest BCUT2D eigenvalue weighted by Gasteiger charge is 2.17. The molecular weight excluding hydrogens is 448 g/mol. The Kier molecular flexibility index (Phi) is 8.08. The summed E-state index contributed by atoms with van der Waals surface area (Å²) in [6, 6.07) is 8.36. The van der Waals surface area contributed by atoms with E-state index in [2.05, 4.69) is 25.7 Å². The lowest BCUT2D eigenvalue weighted by Gasteiger charge is -2.12. The van der Waals surface area contributed by atoms with Crippen LogP contribution >= 0.6 is 11.8 Å². The van der Waals surface area contributed by atoms with Crippen LogP contribution in [-0.2, 0) is 21.2 Å². The molecule has 2 aromatic heterocycles. The van der Waals surface area contributed by atoms with Crippen molar-refractivity contribution in [2.75, 3.05) is 23.4 Å². The van der Waals surface area contributed by atoms with Crippen molar-refractivity contribution in [1.82, 2.24) is 25.1 Å². The van der Waals surface area contributed by atoms with E-state index in [1.165, 1.54) is 12.1 Å².